The molecule has 2 amide bonds. The van der Waals surface area contributed by atoms with E-state index in [0.717, 1.165) is 11.3 Å². The third-order valence-corrected chi connectivity index (χ3v) is 3.12. The summed E-state index contributed by atoms with van der Waals surface area (Å²) in [7, 11) is 0. The molecule has 19 heavy (non-hydrogen) atoms. The highest BCUT2D eigenvalue weighted by Crippen LogP contribution is 2.21. The molecule has 0 saturated heterocycles. The van der Waals surface area contributed by atoms with Crippen molar-refractivity contribution in [2.24, 2.45) is 0 Å². The highest BCUT2D eigenvalue weighted by atomic mass is 35.5. The molecular formula is C9H9Cl2N3O4S. The number of amides is 2. The van der Waals surface area contributed by atoms with Crippen molar-refractivity contribution in [3.8, 4) is 0 Å². The number of alkyl halides is 2. The summed E-state index contributed by atoms with van der Waals surface area (Å²) >= 11 is 11.6. The van der Waals surface area contributed by atoms with E-state index in [1.54, 1.807) is 0 Å². The summed E-state index contributed by atoms with van der Waals surface area (Å²) in [6.07, 6.45) is 0. The van der Waals surface area contributed by atoms with E-state index in [4.69, 9.17) is 28.3 Å². The Bertz CT molecular complexity index is 494. The molecule has 1 aromatic rings. The van der Waals surface area contributed by atoms with Crippen molar-refractivity contribution < 1.29 is 19.5 Å². The van der Waals surface area contributed by atoms with Gasteiger partial charge in [-0.05, 0) is 0 Å². The van der Waals surface area contributed by atoms with E-state index in [9.17, 15) is 14.4 Å². The number of halogens is 2. The lowest BCUT2D eigenvalue weighted by Gasteiger charge is -2.10. The topological polar surface area (TPSA) is 108 Å². The summed E-state index contributed by atoms with van der Waals surface area (Å²) in [5.41, 5.74) is 0.0980. The van der Waals surface area contributed by atoms with Crippen molar-refractivity contribution in [2.75, 3.05) is 17.1 Å². The van der Waals surface area contributed by atoms with Crippen LogP contribution in [0.25, 0.3) is 0 Å². The Kier molecular flexibility index (Phi) is 6.00. The maximum Gasteiger partial charge on any atom is 0.332 e. The monoisotopic (exact) mass is 325 g/mol. The molecule has 1 aromatic heterocycles. The number of anilines is 1. The molecule has 0 spiro atoms. The Labute approximate surface area is 121 Å². The van der Waals surface area contributed by atoms with Crippen molar-refractivity contribution in [3.05, 3.63) is 11.1 Å². The maximum absolute atomic E-state index is 11.1. The number of carbonyl (C=O) groups is 3. The van der Waals surface area contributed by atoms with Gasteiger partial charge in [-0.15, -0.1) is 34.5 Å². The van der Waals surface area contributed by atoms with Crippen molar-refractivity contribution in [1.82, 2.24) is 10.3 Å². The van der Waals surface area contributed by atoms with E-state index in [1.807, 2.05) is 0 Å². The van der Waals surface area contributed by atoms with Gasteiger partial charge in [0.25, 0.3) is 0 Å². The van der Waals surface area contributed by atoms with Crippen LogP contribution >= 0.6 is 34.5 Å². The van der Waals surface area contributed by atoms with Gasteiger partial charge in [0.1, 0.15) is 11.8 Å². The largest absolute Gasteiger partial charge is 0.479 e. The number of rotatable bonds is 6. The van der Waals surface area contributed by atoms with Crippen LogP contribution in [0.3, 0.4) is 0 Å². The second kappa shape index (κ2) is 7.27. The van der Waals surface area contributed by atoms with Gasteiger partial charge in [0.15, 0.2) is 11.2 Å². The van der Waals surface area contributed by atoms with Crippen molar-refractivity contribution >= 4 is 57.5 Å². The Balaban J connectivity index is 2.83. The fraction of sp³-hybridized carbons (Fsp3) is 0.333. The van der Waals surface area contributed by atoms with Gasteiger partial charge in [-0.3, -0.25) is 9.59 Å². The number of nitrogens with one attached hydrogen (secondary N) is 2. The van der Waals surface area contributed by atoms with Crippen molar-refractivity contribution in [2.45, 2.75) is 6.04 Å². The highest BCUT2D eigenvalue weighted by Gasteiger charge is 2.24. The molecule has 1 atom stereocenters. The van der Waals surface area contributed by atoms with Crippen LogP contribution in [-0.2, 0) is 14.4 Å². The van der Waals surface area contributed by atoms with Crippen LogP contribution in [0.2, 0.25) is 0 Å². The fourth-order valence-electron chi connectivity index (χ4n) is 1.09. The molecule has 0 aliphatic heterocycles. The molecule has 0 radical (unpaired) electrons. The lowest BCUT2D eigenvalue weighted by atomic mass is 10.2. The minimum atomic E-state index is -1.32. The molecule has 0 fully saturated rings. The number of carbonyl (C=O) groups excluding carboxylic acids is 2. The van der Waals surface area contributed by atoms with Crippen LogP contribution in [0.15, 0.2) is 5.38 Å². The lowest BCUT2D eigenvalue weighted by molar-refractivity contribution is -0.141. The Morgan fingerprint density at radius 2 is 1.95 bits per heavy atom. The fourth-order valence-corrected chi connectivity index (χ4v) is 1.99. The number of aliphatic carboxylic acids is 1. The second-order valence-electron chi connectivity index (χ2n) is 3.23. The SMILES string of the molecule is O=C(CCl)Nc1nc([C@@H](NC(=O)CCl)C(=O)O)cs1. The molecule has 7 nitrogen and oxygen atoms in total. The zero-order valence-corrected chi connectivity index (χ0v) is 11.7. The summed E-state index contributed by atoms with van der Waals surface area (Å²) < 4.78 is 0. The van der Waals surface area contributed by atoms with Crippen LogP contribution in [0.5, 0.6) is 0 Å². The first-order chi connectivity index (χ1) is 8.97. The molecule has 0 aliphatic rings. The Morgan fingerprint density at radius 3 is 2.47 bits per heavy atom. The molecule has 0 aromatic carbocycles. The third kappa shape index (κ3) is 4.66. The predicted octanol–water partition coefficient (Wildman–Crippen LogP) is 0.801. The number of nitrogens with zero attached hydrogens (tertiary/aromatic N) is 1. The molecule has 0 saturated carbocycles. The van der Waals surface area contributed by atoms with Crippen molar-refractivity contribution in [1.29, 1.82) is 0 Å². The molecule has 3 N–H and O–H groups in total. The van der Waals surface area contributed by atoms with Crippen LogP contribution in [0, 0.1) is 0 Å². The summed E-state index contributed by atoms with van der Waals surface area (Å²) in [5, 5.41) is 15.2. The van der Waals surface area contributed by atoms with Gasteiger partial charge in [-0.2, -0.15) is 0 Å². The zero-order chi connectivity index (χ0) is 14.4. The molecule has 1 rings (SSSR count). The molecule has 0 unspecified atom stereocenters. The van der Waals surface area contributed by atoms with Gasteiger partial charge in [0.2, 0.25) is 11.8 Å². The molecule has 104 valence electrons. The van der Waals surface area contributed by atoms with Crippen LogP contribution in [-0.4, -0.2) is 39.6 Å². The summed E-state index contributed by atoms with van der Waals surface area (Å²) in [4.78, 5) is 37.1. The predicted molar refractivity (Wildman–Crippen MR) is 70.7 cm³/mol. The molecular weight excluding hydrogens is 317 g/mol. The highest BCUT2D eigenvalue weighted by molar-refractivity contribution is 7.14. The number of carboxylic acid groups (broad SMARTS) is 1. The van der Waals surface area contributed by atoms with Gasteiger partial charge in [0, 0.05) is 5.38 Å². The average molecular weight is 326 g/mol. The molecule has 0 aliphatic carbocycles. The average Bonchev–Trinajstić information content (AvgIpc) is 2.83. The lowest BCUT2D eigenvalue weighted by Crippen LogP contribution is -2.34. The van der Waals surface area contributed by atoms with Crippen LogP contribution < -0.4 is 10.6 Å². The van der Waals surface area contributed by atoms with Gasteiger partial charge in [-0.1, -0.05) is 0 Å². The Morgan fingerprint density at radius 1 is 1.32 bits per heavy atom. The third-order valence-electron chi connectivity index (χ3n) is 1.86. The normalized spacial score (nSPS) is 11.7. The van der Waals surface area contributed by atoms with Gasteiger partial charge in [0.05, 0.1) is 5.69 Å². The van der Waals surface area contributed by atoms with Crippen LogP contribution in [0.4, 0.5) is 5.13 Å². The molecule has 1 heterocycles. The van der Waals surface area contributed by atoms with Gasteiger partial charge < -0.3 is 15.7 Å². The minimum Gasteiger partial charge on any atom is -0.479 e. The number of thiazole rings is 1. The smallest absolute Gasteiger partial charge is 0.332 e. The first-order valence-corrected chi connectivity index (χ1v) is 6.82. The number of hydrogen-bond acceptors (Lipinski definition) is 5. The van der Waals surface area contributed by atoms with Crippen molar-refractivity contribution in [3.63, 3.8) is 0 Å². The minimum absolute atomic E-state index is 0.0980. The Hall–Kier alpha value is -1.38. The quantitative estimate of drug-likeness (QED) is 0.670. The zero-order valence-electron chi connectivity index (χ0n) is 9.35. The van der Waals surface area contributed by atoms with Crippen LogP contribution in [0.1, 0.15) is 11.7 Å². The standard InChI is InChI=1S/C9H9Cl2N3O4S/c10-1-5(15)13-7(8(17)18)4-3-19-9(12-4)14-6(16)2-11/h3,7H,1-2H2,(H,13,15)(H,17,18)(H,12,14,16)/t7-/m1/s1. The van der Waals surface area contributed by atoms with E-state index in [2.05, 4.69) is 15.6 Å². The summed E-state index contributed by atoms with van der Waals surface area (Å²) in [6, 6.07) is -1.32. The van der Waals surface area contributed by atoms with E-state index in [-0.39, 0.29) is 22.6 Å². The molecule has 10 heteroatoms. The number of carboxylic acids is 1. The van der Waals surface area contributed by atoms with Gasteiger partial charge >= 0.3 is 5.97 Å². The number of aromatic nitrogens is 1. The second-order valence-corrected chi connectivity index (χ2v) is 4.62. The van der Waals surface area contributed by atoms with E-state index >= 15 is 0 Å². The maximum atomic E-state index is 11.1. The first-order valence-electron chi connectivity index (χ1n) is 4.87. The van der Waals surface area contributed by atoms with E-state index in [0.29, 0.717) is 0 Å². The molecule has 0 bridgehead atoms. The van der Waals surface area contributed by atoms with E-state index < -0.39 is 23.8 Å². The first kappa shape index (κ1) is 15.7. The summed E-state index contributed by atoms with van der Waals surface area (Å²) in [5.74, 6) is -2.96. The number of hydrogen-bond donors (Lipinski definition) is 3. The summed E-state index contributed by atoms with van der Waals surface area (Å²) in [6.45, 7) is 0. The van der Waals surface area contributed by atoms with Gasteiger partial charge in [-0.25, -0.2) is 9.78 Å². The van der Waals surface area contributed by atoms with E-state index in [1.165, 1.54) is 5.38 Å².